The Bertz CT molecular complexity index is 950. The molecule has 1 aromatic rings. The van der Waals surface area contributed by atoms with Crippen molar-refractivity contribution in [2.45, 2.75) is 57.9 Å². The highest BCUT2D eigenvalue weighted by Crippen LogP contribution is 2.47. The summed E-state index contributed by atoms with van der Waals surface area (Å²) < 4.78 is 0. The summed E-state index contributed by atoms with van der Waals surface area (Å²) in [4.78, 5) is 23.6. The molecule has 28 heavy (non-hydrogen) atoms. The molecule has 0 amide bonds. The minimum absolute atomic E-state index is 0.222. The Labute approximate surface area is 167 Å². The van der Waals surface area contributed by atoms with Crippen molar-refractivity contribution in [1.82, 2.24) is 4.90 Å². The third kappa shape index (κ3) is 2.72. The Kier molecular flexibility index (Phi) is 4.29. The molecule has 0 radical (unpaired) electrons. The topological polar surface area (TPSA) is 57.1 Å². The number of fused-ring (bicyclic) bond motifs is 3. The Balaban J connectivity index is 1.94. The summed E-state index contributed by atoms with van der Waals surface area (Å²) in [5, 5.41) is 3.57. The Hall–Kier alpha value is -2.69. The first kappa shape index (κ1) is 18.7. The maximum atomic E-state index is 13.2. The van der Waals surface area contributed by atoms with E-state index in [0.29, 0.717) is 6.54 Å². The lowest BCUT2D eigenvalue weighted by Gasteiger charge is -2.43. The van der Waals surface area contributed by atoms with Gasteiger partial charge in [0.1, 0.15) is 0 Å². The molecule has 0 aromatic heterocycles. The molecular weight excluding hydrogens is 348 g/mol. The quantitative estimate of drug-likeness (QED) is 0.809. The molecule has 2 heterocycles. The van der Waals surface area contributed by atoms with E-state index in [0.717, 1.165) is 30.5 Å². The van der Waals surface area contributed by atoms with Crippen molar-refractivity contribution in [3.63, 3.8) is 0 Å². The van der Waals surface area contributed by atoms with Gasteiger partial charge < -0.3 is 10.2 Å². The number of hydrogen-bond donors (Lipinski definition) is 1. The molecule has 5 nitrogen and oxygen atoms in total. The summed E-state index contributed by atoms with van der Waals surface area (Å²) in [6.07, 6.45) is 10.6. The normalized spacial score (nSPS) is 21.9. The Morgan fingerprint density at radius 1 is 1.25 bits per heavy atom. The monoisotopic (exact) mass is 376 g/mol. The van der Waals surface area contributed by atoms with E-state index < -0.39 is 11.0 Å². The van der Waals surface area contributed by atoms with E-state index in [9.17, 15) is 4.79 Å². The number of rotatable bonds is 3. The van der Waals surface area contributed by atoms with Gasteiger partial charge in [-0.25, -0.2) is 0 Å². The average molecular weight is 377 g/mol. The van der Waals surface area contributed by atoms with Crippen molar-refractivity contribution in [3.05, 3.63) is 46.9 Å². The second kappa shape index (κ2) is 6.43. The van der Waals surface area contributed by atoms with E-state index in [2.05, 4.69) is 46.8 Å². The van der Waals surface area contributed by atoms with Crippen molar-refractivity contribution in [3.8, 4) is 0 Å². The van der Waals surface area contributed by atoms with Crippen molar-refractivity contribution >= 4 is 30.1 Å². The Morgan fingerprint density at radius 2 is 2.00 bits per heavy atom. The molecule has 3 aliphatic rings. The molecule has 0 unspecified atom stereocenters. The number of benzene rings is 1. The number of nitrogens with zero attached hydrogens (tertiary/aromatic N) is 3. The number of carbonyl (C=O) groups excluding carboxylic acids is 1. The lowest BCUT2D eigenvalue weighted by atomic mass is 9.68. The molecule has 0 atom stereocenters. The predicted octanol–water partition coefficient (Wildman–Crippen LogP) is 4.08. The number of anilines is 1. The van der Waals surface area contributed by atoms with Crippen LogP contribution in [0.15, 0.2) is 34.7 Å². The summed E-state index contributed by atoms with van der Waals surface area (Å²) in [6, 6.07) is 2.22. The van der Waals surface area contributed by atoms with E-state index in [1.54, 1.807) is 6.20 Å². The minimum atomic E-state index is -0.562. The van der Waals surface area contributed by atoms with Gasteiger partial charge in [-0.1, -0.05) is 0 Å². The number of ketones is 1. The molecule has 5 heteroatoms. The molecule has 4 rings (SSSR count). The molecule has 1 aliphatic carbocycles. The number of Topliss-reactive ketones (excluding diaryl/α,β-unsaturated/α-hetero) is 1. The highest BCUT2D eigenvalue weighted by Gasteiger charge is 2.47. The van der Waals surface area contributed by atoms with Crippen LogP contribution in [0.2, 0.25) is 0 Å². The first-order valence-corrected chi connectivity index (χ1v) is 9.91. The highest BCUT2D eigenvalue weighted by atomic mass is 16.1. The van der Waals surface area contributed by atoms with Crippen LogP contribution in [0.1, 0.15) is 56.4 Å². The fourth-order valence-corrected chi connectivity index (χ4v) is 4.84. The van der Waals surface area contributed by atoms with E-state index in [1.807, 2.05) is 32.5 Å². The lowest BCUT2D eigenvalue weighted by Crippen LogP contribution is -2.53. The van der Waals surface area contributed by atoms with Gasteiger partial charge in [-0.15, -0.1) is 0 Å². The fourth-order valence-electron chi connectivity index (χ4n) is 4.84. The van der Waals surface area contributed by atoms with Crippen LogP contribution in [0.5, 0.6) is 0 Å². The van der Waals surface area contributed by atoms with Crippen molar-refractivity contribution in [2.75, 3.05) is 11.9 Å². The second-order valence-corrected chi connectivity index (χ2v) is 8.84. The zero-order chi connectivity index (χ0) is 20.1. The molecule has 0 saturated carbocycles. The average Bonchev–Trinajstić information content (AvgIpc) is 3.15. The summed E-state index contributed by atoms with van der Waals surface area (Å²) in [5.74, 6) is 0.222. The van der Waals surface area contributed by atoms with Crippen LogP contribution in [0, 0.1) is 0 Å². The van der Waals surface area contributed by atoms with Crippen LogP contribution in [-0.4, -0.2) is 35.7 Å². The molecule has 1 N–H and O–H groups in total. The summed E-state index contributed by atoms with van der Waals surface area (Å²) in [5.41, 5.74) is 6.12. The minimum Gasteiger partial charge on any atom is -0.373 e. The molecule has 0 spiro atoms. The van der Waals surface area contributed by atoms with Gasteiger partial charge in [0.15, 0.2) is 5.78 Å². The molecule has 0 bridgehead atoms. The summed E-state index contributed by atoms with van der Waals surface area (Å²) in [6.45, 7) is 12.3. The first-order chi connectivity index (χ1) is 13.3. The number of aliphatic imine (C=N–C) groups is 2. The van der Waals surface area contributed by atoms with Crippen LogP contribution in [0.4, 0.5) is 5.69 Å². The SMILES string of the molecule is C=N/C=C\N1CC=NC=C1c1cc2c(c3c1CCC3)NC(C)(C)C(=O)C2(C)C. The third-order valence-electron chi connectivity index (χ3n) is 6.17. The largest absolute Gasteiger partial charge is 0.373 e. The molecule has 2 aliphatic heterocycles. The zero-order valence-corrected chi connectivity index (χ0v) is 17.2. The van der Waals surface area contributed by atoms with Gasteiger partial charge in [0.2, 0.25) is 0 Å². The number of carbonyl (C=O) groups is 1. The fraction of sp³-hybridized carbons (Fsp3) is 0.435. The van der Waals surface area contributed by atoms with Crippen LogP contribution in [0.3, 0.4) is 0 Å². The van der Waals surface area contributed by atoms with Gasteiger partial charge >= 0.3 is 0 Å². The van der Waals surface area contributed by atoms with Gasteiger partial charge in [0.25, 0.3) is 0 Å². The first-order valence-electron chi connectivity index (χ1n) is 9.91. The predicted molar refractivity (Wildman–Crippen MR) is 116 cm³/mol. The highest BCUT2D eigenvalue weighted by molar-refractivity contribution is 6.03. The lowest BCUT2D eigenvalue weighted by molar-refractivity contribution is -0.127. The van der Waals surface area contributed by atoms with Gasteiger partial charge in [-0.05, 0) is 76.4 Å². The van der Waals surface area contributed by atoms with Gasteiger partial charge in [-0.3, -0.25) is 14.8 Å². The van der Waals surface area contributed by atoms with Crippen molar-refractivity contribution in [2.24, 2.45) is 9.98 Å². The van der Waals surface area contributed by atoms with Crippen molar-refractivity contribution in [1.29, 1.82) is 0 Å². The standard InChI is InChI=1S/C23H28N4O/c1-22(2)18-13-17(19-14-25-10-12-27(19)11-9-24-5)15-7-6-8-16(15)20(18)26-23(3,4)21(22)28/h9-11,13-14,26H,5-8,12H2,1-4H3/b11-9-. The van der Waals surface area contributed by atoms with Crippen LogP contribution in [-0.2, 0) is 23.1 Å². The van der Waals surface area contributed by atoms with E-state index in [-0.39, 0.29) is 5.78 Å². The van der Waals surface area contributed by atoms with Crippen LogP contribution >= 0.6 is 0 Å². The second-order valence-electron chi connectivity index (χ2n) is 8.84. The van der Waals surface area contributed by atoms with Crippen LogP contribution < -0.4 is 5.32 Å². The smallest absolute Gasteiger partial charge is 0.167 e. The summed E-state index contributed by atoms with van der Waals surface area (Å²) in [7, 11) is 0. The third-order valence-corrected chi connectivity index (χ3v) is 6.17. The molecule has 1 aromatic carbocycles. The van der Waals surface area contributed by atoms with Gasteiger partial charge in [-0.2, -0.15) is 0 Å². The van der Waals surface area contributed by atoms with Crippen molar-refractivity contribution < 1.29 is 4.79 Å². The number of nitrogens with one attached hydrogen (secondary N) is 1. The molecule has 0 saturated heterocycles. The molecular formula is C23H28N4O. The van der Waals surface area contributed by atoms with Gasteiger partial charge in [0.05, 0.1) is 29.4 Å². The van der Waals surface area contributed by atoms with Gasteiger partial charge in [0, 0.05) is 29.9 Å². The van der Waals surface area contributed by atoms with E-state index in [4.69, 9.17) is 0 Å². The Morgan fingerprint density at radius 3 is 2.75 bits per heavy atom. The molecule has 0 fully saturated rings. The summed E-state index contributed by atoms with van der Waals surface area (Å²) >= 11 is 0. The maximum absolute atomic E-state index is 13.2. The van der Waals surface area contributed by atoms with Crippen LogP contribution in [0.25, 0.3) is 5.70 Å². The van der Waals surface area contributed by atoms with E-state index >= 15 is 0 Å². The molecule has 146 valence electrons. The maximum Gasteiger partial charge on any atom is 0.167 e. The van der Waals surface area contributed by atoms with E-state index in [1.165, 1.54) is 22.4 Å². The zero-order valence-electron chi connectivity index (χ0n) is 17.2. The number of hydrogen-bond acceptors (Lipinski definition) is 5.